The van der Waals surface area contributed by atoms with Gasteiger partial charge in [-0.25, -0.2) is 9.78 Å². The van der Waals surface area contributed by atoms with Crippen LogP contribution in [0.15, 0.2) is 29.1 Å². The van der Waals surface area contributed by atoms with E-state index >= 15 is 0 Å². The molecule has 110 valence electrons. The molecular weight excluding hydrogens is 270 g/mol. The quantitative estimate of drug-likeness (QED) is 0.912. The number of para-hydroxylation sites is 2. The SMILES string of the molecule is Cn1c(=O)c(C2(OC(N)=O)CCCC2)nc2ccccc21. The van der Waals surface area contributed by atoms with E-state index in [-0.39, 0.29) is 11.3 Å². The summed E-state index contributed by atoms with van der Waals surface area (Å²) in [6, 6.07) is 7.39. The standard InChI is InChI=1S/C15H17N3O3/c1-18-11-7-3-2-6-10(11)17-12(13(18)19)15(21-14(16)20)8-4-5-9-15/h2-3,6-7H,4-5,8-9H2,1H3,(H2,16,20). The van der Waals surface area contributed by atoms with Gasteiger partial charge in [0.05, 0.1) is 11.0 Å². The van der Waals surface area contributed by atoms with Gasteiger partial charge in [-0.05, 0) is 37.8 Å². The zero-order valence-electron chi connectivity index (χ0n) is 11.8. The Kier molecular flexibility index (Phi) is 3.16. The maximum absolute atomic E-state index is 12.6. The number of fused-ring (bicyclic) bond motifs is 1. The first kappa shape index (κ1) is 13.6. The first-order valence-electron chi connectivity index (χ1n) is 6.98. The molecule has 1 heterocycles. The molecule has 2 aromatic rings. The Balaban J connectivity index is 2.25. The van der Waals surface area contributed by atoms with E-state index in [1.54, 1.807) is 11.6 Å². The van der Waals surface area contributed by atoms with Gasteiger partial charge in [0, 0.05) is 7.05 Å². The van der Waals surface area contributed by atoms with Gasteiger partial charge in [-0.15, -0.1) is 0 Å². The summed E-state index contributed by atoms with van der Waals surface area (Å²) in [5.74, 6) is 0. The number of carbonyl (C=O) groups is 1. The van der Waals surface area contributed by atoms with Crippen LogP contribution in [0.3, 0.4) is 0 Å². The number of hydrogen-bond acceptors (Lipinski definition) is 4. The largest absolute Gasteiger partial charge is 0.436 e. The minimum Gasteiger partial charge on any atom is -0.436 e. The average molecular weight is 287 g/mol. The number of primary amides is 1. The summed E-state index contributed by atoms with van der Waals surface area (Å²) in [6.07, 6.45) is 2.05. The zero-order valence-corrected chi connectivity index (χ0v) is 11.8. The Hall–Kier alpha value is -2.37. The minimum absolute atomic E-state index is 0.239. The van der Waals surface area contributed by atoms with Crippen molar-refractivity contribution < 1.29 is 9.53 Å². The van der Waals surface area contributed by atoms with Gasteiger partial charge >= 0.3 is 6.09 Å². The Morgan fingerprint density at radius 1 is 1.33 bits per heavy atom. The second-order valence-electron chi connectivity index (χ2n) is 5.44. The number of nitrogens with two attached hydrogens (primary N) is 1. The molecule has 6 heteroatoms. The monoisotopic (exact) mass is 287 g/mol. The van der Waals surface area contributed by atoms with Crippen molar-refractivity contribution in [3.05, 3.63) is 40.3 Å². The van der Waals surface area contributed by atoms with Crippen LogP contribution in [0.2, 0.25) is 0 Å². The molecule has 1 aromatic carbocycles. The molecule has 0 atom stereocenters. The molecule has 1 aliphatic carbocycles. The third-order valence-corrected chi connectivity index (χ3v) is 4.12. The molecule has 0 unspecified atom stereocenters. The fraction of sp³-hybridized carbons (Fsp3) is 0.400. The van der Waals surface area contributed by atoms with E-state index in [1.807, 2.05) is 24.3 Å². The highest BCUT2D eigenvalue weighted by Gasteiger charge is 2.43. The van der Waals surface area contributed by atoms with Crippen molar-refractivity contribution in [1.82, 2.24) is 9.55 Å². The highest BCUT2D eigenvalue weighted by molar-refractivity contribution is 5.74. The van der Waals surface area contributed by atoms with Crippen LogP contribution >= 0.6 is 0 Å². The van der Waals surface area contributed by atoms with Crippen LogP contribution in [0, 0.1) is 0 Å². The van der Waals surface area contributed by atoms with Gasteiger partial charge < -0.3 is 15.0 Å². The summed E-state index contributed by atoms with van der Waals surface area (Å²) in [5, 5.41) is 0. The second kappa shape index (κ2) is 4.87. The normalized spacial score (nSPS) is 17.0. The number of aromatic nitrogens is 2. The predicted molar refractivity (Wildman–Crippen MR) is 77.8 cm³/mol. The summed E-state index contributed by atoms with van der Waals surface area (Å²) < 4.78 is 6.88. The van der Waals surface area contributed by atoms with E-state index in [0.717, 1.165) is 18.4 Å². The van der Waals surface area contributed by atoms with Crippen molar-refractivity contribution >= 4 is 17.1 Å². The van der Waals surface area contributed by atoms with Crippen molar-refractivity contribution in [3.8, 4) is 0 Å². The first-order chi connectivity index (χ1) is 10.0. The number of nitrogens with zero attached hydrogens (tertiary/aromatic N) is 2. The fourth-order valence-corrected chi connectivity index (χ4v) is 3.10. The van der Waals surface area contributed by atoms with Crippen molar-refractivity contribution in [2.45, 2.75) is 31.3 Å². The van der Waals surface area contributed by atoms with Gasteiger partial charge in [0.1, 0.15) is 5.69 Å². The lowest BCUT2D eigenvalue weighted by Gasteiger charge is -2.27. The molecule has 21 heavy (non-hydrogen) atoms. The molecule has 0 aliphatic heterocycles. The van der Waals surface area contributed by atoms with Crippen molar-refractivity contribution in [2.24, 2.45) is 12.8 Å². The summed E-state index contributed by atoms with van der Waals surface area (Å²) in [7, 11) is 1.70. The number of rotatable bonds is 2. The Morgan fingerprint density at radius 3 is 2.67 bits per heavy atom. The first-order valence-corrected chi connectivity index (χ1v) is 6.98. The Bertz CT molecular complexity index is 760. The van der Waals surface area contributed by atoms with Gasteiger partial charge in [0.15, 0.2) is 5.60 Å². The average Bonchev–Trinajstić information content (AvgIpc) is 2.91. The lowest BCUT2D eigenvalue weighted by molar-refractivity contribution is 0.0138. The molecule has 1 aliphatic rings. The molecule has 3 rings (SSSR count). The van der Waals surface area contributed by atoms with Crippen LogP contribution in [-0.4, -0.2) is 15.6 Å². The third-order valence-electron chi connectivity index (χ3n) is 4.12. The lowest BCUT2D eigenvalue weighted by atomic mass is 9.97. The summed E-state index contributed by atoms with van der Waals surface area (Å²) in [5.41, 5.74) is 5.71. The second-order valence-corrected chi connectivity index (χ2v) is 5.44. The van der Waals surface area contributed by atoms with Gasteiger partial charge in [0.2, 0.25) is 0 Å². The molecule has 1 aromatic heterocycles. The van der Waals surface area contributed by atoms with Gasteiger partial charge in [-0.2, -0.15) is 0 Å². The number of carbonyl (C=O) groups excluding carboxylic acids is 1. The molecule has 1 amide bonds. The summed E-state index contributed by atoms with van der Waals surface area (Å²) in [4.78, 5) is 28.4. The summed E-state index contributed by atoms with van der Waals surface area (Å²) in [6.45, 7) is 0. The van der Waals surface area contributed by atoms with Crippen LogP contribution < -0.4 is 11.3 Å². The highest BCUT2D eigenvalue weighted by Crippen LogP contribution is 2.40. The molecule has 6 nitrogen and oxygen atoms in total. The number of hydrogen-bond donors (Lipinski definition) is 1. The van der Waals surface area contributed by atoms with Gasteiger partial charge in [-0.3, -0.25) is 4.79 Å². The molecule has 1 saturated carbocycles. The fourth-order valence-electron chi connectivity index (χ4n) is 3.10. The van der Waals surface area contributed by atoms with E-state index in [4.69, 9.17) is 10.5 Å². The van der Waals surface area contributed by atoms with Crippen LogP contribution in [0.1, 0.15) is 31.4 Å². The Labute approximate surface area is 121 Å². The molecule has 1 fully saturated rings. The third kappa shape index (κ3) is 2.16. The zero-order chi connectivity index (χ0) is 15.0. The van der Waals surface area contributed by atoms with Crippen molar-refractivity contribution in [1.29, 1.82) is 0 Å². The van der Waals surface area contributed by atoms with E-state index in [9.17, 15) is 9.59 Å². The maximum atomic E-state index is 12.6. The molecule has 0 radical (unpaired) electrons. The minimum atomic E-state index is -0.981. The topological polar surface area (TPSA) is 87.2 Å². The van der Waals surface area contributed by atoms with Crippen LogP contribution in [0.25, 0.3) is 11.0 Å². The lowest BCUT2D eigenvalue weighted by Crippen LogP contribution is -2.40. The number of aryl methyl sites for hydroxylation is 1. The van der Waals surface area contributed by atoms with E-state index in [2.05, 4.69) is 4.98 Å². The Morgan fingerprint density at radius 2 is 2.00 bits per heavy atom. The maximum Gasteiger partial charge on any atom is 0.405 e. The molecule has 2 N–H and O–H groups in total. The smallest absolute Gasteiger partial charge is 0.405 e. The van der Waals surface area contributed by atoms with Crippen molar-refractivity contribution in [3.63, 3.8) is 0 Å². The predicted octanol–water partition coefficient (Wildman–Crippen LogP) is 1.80. The van der Waals surface area contributed by atoms with Crippen LogP contribution in [-0.2, 0) is 17.4 Å². The number of benzene rings is 1. The van der Waals surface area contributed by atoms with Gasteiger partial charge in [-0.1, -0.05) is 12.1 Å². The van der Waals surface area contributed by atoms with E-state index in [1.165, 1.54) is 0 Å². The van der Waals surface area contributed by atoms with Crippen LogP contribution in [0.5, 0.6) is 0 Å². The van der Waals surface area contributed by atoms with Crippen LogP contribution in [0.4, 0.5) is 4.79 Å². The van der Waals surface area contributed by atoms with E-state index < -0.39 is 11.7 Å². The number of ether oxygens (including phenoxy) is 1. The highest BCUT2D eigenvalue weighted by atomic mass is 16.6. The van der Waals surface area contributed by atoms with Crippen molar-refractivity contribution in [2.75, 3.05) is 0 Å². The molecule has 0 spiro atoms. The number of amides is 1. The van der Waals surface area contributed by atoms with E-state index in [0.29, 0.717) is 18.4 Å². The molecule has 0 saturated heterocycles. The molecular formula is C15H17N3O3. The van der Waals surface area contributed by atoms with Gasteiger partial charge in [0.25, 0.3) is 5.56 Å². The molecule has 0 bridgehead atoms. The summed E-state index contributed by atoms with van der Waals surface area (Å²) >= 11 is 0.